The molecule has 0 bridgehead atoms. The van der Waals surface area contributed by atoms with Gasteiger partial charge in [0.2, 0.25) is 0 Å². The van der Waals surface area contributed by atoms with Crippen LogP contribution in [0, 0.1) is 0 Å². The van der Waals surface area contributed by atoms with Crippen molar-refractivity contribution in [1.29, 1.82) is 0 Å². The largest absolute Gasteiger partial charge is 0.497 e. The highest BCUT2D eigenvalue weighted by Gasteiger charge is 2.19. The first-order valence-electron chi connectivity index (χ1n) is 10.1. The van der Waals surface area contributed by atoms with Crippen LogP contribution in [0.25, 0.3) is 33.7 Å². The molecule has 2 aromatic carbocycles. The van der Waals surface area contributed by atoms with Crippen molar-refractivity contribution in [2.24, 2.45) is 0 Å². The third kappa shape index (κ3) is 3.30. The molecule has 1 fully saturated rings. The highest BCUT2D eigenvalue weighted by atomic mass is 16.5. The van der Waals surface area contributed by atoms with Crippen LogP contribution >= 0.6 is 0 Å². The summed E-state index contributed by atoms with van der Waals surface area (Å²) in [4.78, 5) is 27.0. The lowest BCUT2D eigenvalue weighted by molar-refractivity contribution is 0.0793. The highest BCUT2D eigenvalue weighted by molar-refractivity contribution is 5.95. The van der Waals surface area contributed by atoms with Crippen LogP contribution in [0.4, 0.5) is 0 Å². The predicted molar refractivity (Wildman–Crippen MR) is 116 cm³/mol. The van der Waals surface area contributed by atoms with Crippen molar-refractivity contribution in [3.8, 4) is 28.3 Å². The molecule has 0 radical (unpaired) electrons. The number of nitrogens with one attached hydrogen (secondary N) is 1. The number of ether oxygens (including phenoxy) is 1. The second kappa shape index (κ2) is 7.63. The van der Waals surface area contributed by atoms with E-state index >= 15 is 0 Å². The number of pyridine rings is 1. The lowest BCUT2D eigenvalue weighted by Crippen LogP contribution is -2.27. The summed E-state index contributed by atoms with van der Waals surface area (Å²) in [7, 11) is 1.66. The van der Waals surface area contributed by atoms with E-state index in [-0.39, 0.29) is 5.91 Å². The number of carbonyl (C=O) groups is 1. The average Bonchev–Trinajstić information content (AvgIpc) is 3.49. The van der Waals surface area contributed by atoms with Crippen molar-refractivity contribution < 1.29 is 9.53 Å². The number of methoxy groups -OCH3 is 1. The van der Waals surface area contributed by atoms with Gasteiger partial charge in [0.1, 0.15) is 11.6 Å². The Bertz CT molecular complexity index is 1190. The monoisotopic (exact) mass is 398 g/mol. The third-order valence-corrected chi connectivity index (χ3v) is 5.59. The minimum absolute atomic E-state index is 0.104. The summed E-state index contributed by atoms with van der Waals surface area (Å²) in [6, 6.07) is 17.5. The van der Waals surface area contributed by atoms with E-state index in [1.165, 1.54) is 0 Å². The topological polar surface area (TPSA) is 71.1 Å². The standard InChI is InChI=1S/C24H22N4O2/c1-30-19-10-8-16(9-11-19)20-12-13-25-23-21(20)26-22(27-23)17-4-6-18(7-5-17)24(29)28-14-2-3-15-28/h4-13H,2-3,14-15H2,1H3,(H,25,26,27). The van der Waals surface area contributed by atoms with E-state index in [1.807, 2.05) is 59.5 Å². The molecule has 0 spiro atoms. The van der Waals surface area contributed by atoms with Crippen LogP contribution in [0.15, 0.2) is 60.8 Å². The lowest BCUT2D eigenvalue weighted by Gasteiger charge is -2.15. The molecule has 6 heteroatoms. The maximum atomic E-state index is 12.6. The minimum atomic E-state index is 0.104. The van der Waals surface area contributed by atoms with Crippen LogP contribution in [0.1, 0.15) is 23.2 Å². The van der Waals surface area contributed by atoms with Gasteiger partial charge in [-0.2, -0.15) is 0 Å². The van der Waals surface area contributed by atoms with Crippen LogP contribution in [0.5, 0.6) is 5.75 Å². The number of aromatic nitrogens is 3. The number of amides is 1. The Hall–Kier alpha value is -3.67. The first-order chi connectivity index (χ1) is 14.7. The van der Waals surface area contributed by atoms with Crippen LogP contribution < -0.4 is 4.74 Å². The summed E-state index contributed by atoms with van der Waals surface area (Å²) < 4.78 is 5.25. The Kier molecular flexibility index (Phi) is 4.67. The van der Waals surface area contributed by atoms with Gasteiger partial charge in [-0.1, -0.05) is 24.3 Å². The number of rotatable bonds is 4. The summed E-state index contributed by atoms with van der Waals surface area (Å²) in [6.07, 6.45) is 3.95. The van der Waals surface area contributed by atoms with E-state index < -0.39 is 0 Å². The number of nitrogens with zero attached hydrogens (tertiary/aromatic N) is 3. The summed E-state index contributed by atoms with van der Waals surface area (Å²) in [5.74, 6) is 1.66. The molecule has 1 aliphatic heterocycles. The van der Waals surface area contributed by atoms with Crippen LogP contribution in [0.3, 0.4) is 0 Å². The number of fused-ring (bicyclic) bond motifs is 1. The molecule has 150 valence electrons. The fourth-order valence-corrected chi connectivity index (χ4v) is 3.93. The maximum absolute atomic E-state index is 12.6. The van der Waals surface area contributed by atoms with Gasteiger partial charge < -0.3 is 14.6 Å². The number of likely N-dealkylation sites (tertiary alicyclic amines) is 1. The summed E-state index contributed by atoms with van der Waals surface area (Å²) >= 11 is 0. The maximum Gasteiger partial charge on any atom is 0.253 e. The molecular formula is C24H22N4O2. The molecule has 3 heterocycles. The van der Waals surface area contributed by atoms with Crippen molar-refractivity contribution in [2.45, 2.75) is 12.8 Å². The molecule has 0 aliphatic carbocycles. The second-order valence-corrected chi connectivity index (χ2v) is 7.45. The number of H-pyrrole nitrogens is 1. The fourth-order valence-electron chi connectivity index (χ4n) is 3.93. The van der Waals surface area contributed by atoms with Crippen molar-refractivity contribution in [3.63, 3.8) is 0 Å². The third-order valence-electron chi connectivity index (χ3n) is 5.59. The highest BCUT2D eigenvalue weighted by Crippen LogP contribution is 2.30. The Morgan fingerprint density at radius 2 is 1.67 bits per heavy atom. The van der Waals surface area contributed by atoms with Crippen molar-refractivity contribution in [3.05, 3.63) is 66.4 Å². The molecule has 1 N–H and O–H groups in total. The minimum Gasteiger partial charge on any atom is -0.497 e. The molecule has 4 aromatic rings. The molecule has 1 amide bonds. The summed E-state index contributed by atoms with van der Waals surface area (Å²) in [5.41, 5.74) is 5.28. The Morgan fingerprint density at radius 1 is 0.967 bits per heavy atom. The number of imidazole rings is 1. The van der Waals surface area contributed by atoms with Gasteiger partial charge in [0.15, 0.2) is 5.65 Å². The van der Waals surface area contributed by atoms with Gasteiger partial charge in [0.05, 0.1) is 12.6 Å². The molecular weight excluding hydrogens is 376 g/mol. The molecule has 2 aromatic heterocycles. The van der Waals surface area contributed by atoms with Gasteiger partial charge in [-0.25, -0.2) is 9.97 Å². The SMILES string of the molecule is COc1ccc(-c2ccnc3nc(-c4ccc(C(=O)N5CCCC5)cc4)[nH]c23)cc1. The molecule has 1 aliphatic rings. The zero-order chi connectivity index (χ0) is 20.5. The molecule has 5 rings (SSSR count). The van der Waals surface area contributed by atoms with Crippen LogP contribution in [0.2, 0.25) is 0 Å². The molecule has 0 unspecified atom stereocenters. The molecule has 1 saturated heterocycles. The van der Waals surface area contributed by atoms with E-state index in [2.05, 4.69) is 15.0 Å². The van der Waals surface area contributed by atoms with Crippen molar-refractivity contribution in [2.75, 3.05) is 20.2 Å². The van der Waals surface area contributed by atoms with Crippen LogP contribution in [-0.4, -0.2) is 46.0 Å². The van der Waals surface area contributed by atoms with E-state index in [9.17, 15) is 4.79 Å². The molecule has 0 atom stereocenters. The lowest BCUT2D eigenvalue weighted by atomic mass is 10.1. The summed E-state index contributed by atoms with van der Waals surface area (Å²) in [6.45, 7) is 1.70. The van der Waals surface area contributed by atoms with E-state index in [4.69, 9.17) is 4.74 Å². The first kappa shape index (κ1) is 18.4. The number of aromatic amines is 1. The van der Waals surface area contributed by atoms with Gasteiger partial charge in [-0.15, -0.1) is 0 Å². The van der Waals surface area contributed by atoms with Crippen LogP contribution in [-0.2, 0) is 0 Å². The van der Waals surface area contributed by atoms with E-state index in [1.54, 1.807) is 13.3 Å². The fraction of sp³-hybridized carbons (Fsp3) is 0.208. The van der Waals surface area contributed by atoms with Crippen molar-refractivity contribution in [1.82, 2.24) is 19.9 Å². The van der Waals surface area contributed by atoms with E-state index in [0.29, 0.717) is 11.2 Å². The Balaban J connectivity index is 1.47. The van der Waals surface area contributed by atoms with E-state index in [0.717, 1.165) is 59.7 Å². The second-order valence-electron chi connectivity index (χ2n) is 7.45. The Morgan fingerprint density at radius 3 is 2.37 bits per heavy atom. The quantitative estimate of drug-likeness (QED) is 0.548. The first-order valence-corrected chi connectivity index (χ1v) is 10.1. The van der Waals surface area contributed by atoms with Gasteiger partial charge in [-0.05, 0) is 48.7 Å². The zero-order valence-electron chi connectivity index (χ0n) is 16.8. The zero-order valence-corrected chi connectivity index (χ0v) is 16.8. The summed E-state index contributed by atoms with van der Waals surface area (Å²) in [5, 5.41) is 0. The number of hydrogen-bond donors (Lipinski definition) is 1. The molecule has 6 nitrogen and oxygen atoms in total. The number of hydrogen-bond acceptors (Lipinski definition) is 4. The van der Waals surface area contributed by atoms with Gasteiger partial charge in [-0.3, -0.25) is 4.79 Å². The molecule has 0 saturated carbocycles. The normalized spacial score (nSPS) is 13.7. The van der Waals surface area contributed by atoms with Gasteiger partial charge in [0.25, 0.3) is 5.91 Å². The molecule has 30 heavy (non-hydrogen) atoms. The smallest absolute Gasteiger partial charge is 0.253 e. The Labute approximate surface area is 174 Å². The van der Waals surface area contributed by atoms with Crippen molar-refractivity contribution >= 4 is 17.1 Å². The van der Waals surface area contributed by atoms with Gasteiger partial charge in [0, 0.05) is 36.0 Å². The predicted octanol–water partition coefficient (Wildman–Crippen LogP) is 4.54. The average molecular weight is 398 g/mol. The number of carbonyl (C=O) groups excluding carboxylic acids is 1. The van der Waals surface area contributed by atoms with Gasteiger partial charge >= 0.3 is 0 Å². The number of benzene rings is 2.